The van der Waals surface area contributed by atoms with Crippen LogP contribution in [0.3, 0.4) is 0 Å². The molecule has 0 spiro atoms. The van der Waals surface area contributed by atoms with Gasteiger partial charge in [-0.3, -0.25) is 9.69 Å². The maximum atomic E-state index is 14.6. The Morgan fingerprint density at radius 1 is 1.02 bits per heavy atom. The summed E-state index contributed by atoms with van der Waals surface area (Å²) in [6.45, 7) is 11.7. The molecule has 2 aromatic heterocycles. The van der Waals surface area contributed by atoms with E-state index < -0.39 is 0 Å². The number of amides is 2. The lowest BCUT2D eigenvalue weighted by Gasteiger charge is -2.55. The van der Waals surface area contributed by atoms with Crippen LogP contribution in [0.5, 0.6) is 5.75 Å². The number of anilines is 1. The molecular weight excluding hydrogens is 628 g/mol. The van der Waals surface area contributed by atoms with Gasteiger partial charge in [0.2, 0.25) is 5.91 Å². The van der Waals surface area contributed by atoms with Crippen LogP contribution in [0.25, 0.3) is 11.3 Å². The summed E-state index contributed by atoms with van der Waals surface area (Å²) in [4.78, 5) is 38.6. The Hall–Kier alpha value is -3.88. The van der Waals surface area contributed by atoms with Gasteiger partial charge in [0.25, 0.3) is 0 Å². The number of carbonyl (C=O) groups is 2. The molecule has 4 aliphatic carbocycles. The number of hydrogen-bond acceptors (Lipinski definition) is 7. The van der Waals surface area contributed by atoms with Gasteiger partial charge in [0.15, 0.2) is 5.89 Å². The minimum atomic E-state index is -0.354. The lowest BCUT2D eigenvalue weighted by Crippen LogP contribution is -2.52. The SMILES string of the molecule is CCCCNC(=O)O[C@H]1CC[C@H](C(=O)N(CC23CCC(c4ccc(OC)c(C)c4)(CC2)CC3)c2cc(-c3coc(C(C)(C)C)n3)ccn2)CC1. The molecule has 0 aliphatic heterocycles. The number of benzene rings is 1. The van der Waals surface area contributed by atoms with E-state index >= 15 is 0 Å². The van der Waals surface area contributed by atoms with Gasteiger partial charge in [-0.2, -0.15) is 0 Å². The Kier molecular flexibility index (Phi) is 10.6. The summed E-state index contributed by atoms with van der Waals surface area (Å²) in [5.41, 5.74) is 4.25. The summed E-state index contributed by atoms with van der Waals surface area (Å²) in [6.07, 6.45) is 14.2. The van der Waals surface area contributed by atoms with Crippen molar-refractivity contribution in [1.29, 1.82) is 0 Å². The normalized spacial score (nSPS) is 24.8. The Morgan fingerprint density at radius 2 is 1.74 bits per heavy atom. The van der Waals surface area contributed by atoms with Crippen LogP contribution in [0.15, 0.2) is 47.2 Å². The highest BCUT2D eigenvalue weighted by molar-refractivity contribution is 5.95. The predicted molar refractivity (Wildman–Crippen MR) is 195 cm³/mol. The van der Waals surface area contributed by atoms with Gasteiger partial charge < -0.3 is 19.2 Å². The van der Waals surface area contributed by atoms with Crippen molar-refractivity contribution in [3.8, 4) is 17.0 Å². The molecule has 3 aromatic rings. The third-order valence-electron chi connectivity index (χ3n) is 11.7. The first-order valence-corrected chi connectivity index (χ1v) is 18.8. The molecular formula is C41H56N4O5. The van der Waals surface area contributed by atoms with Gasteiger partial charge in [0.1, 0.15) is 29.6 Å². The van der Waals surface area contributed by atoms with Crippen LogP contribution in [0.1, 0.15) is 122 Å². The predicted octanol–water partition coefficient (Wildman–Crippen LogP) is 9.06. The second-order valence-corrected chi connectivity index (χ2v) is 16.2. The van der Waals surface area contributed by atoms with E-state index in [0.717, 1.165) is 68.4 Å². The minimum absolute atomic E-state index is 0.0425. The summed E-state index contributed by atoms with van der Waals surface area (Å²) in [7, 11) is 1.73. The van der Waals surface area contributed by atoms with E-state index in [-0.39, 0.29) is 40.3 Å². The number of fused-ring (bicyclic) bond motifs is 3. The number of nitrogens with one attached hydrogen (secondary N) is 1. The number of unbranched alkanes of at least 4 members (excludes halogenated alkanes) is 1. The molecule has 9 nitrogen and oxygen atoms in total. The molecule has 50 heavy (non-hydrogen) atoms. The number of nitrogens with zero attached hydrogens (tertiary/aromatic N) is 3. The average molecular weight is 685 g/mol. The molecule has 1 N–H and O–H groups in total. The summed E-state index contributed by atoms with van der Waals surface area (Å²) >= 11 is 0. The molecule has 4 aliphatic rings. The lowest BCUT2D eigenvalue weighted by molar-refractivity contribution is -0.124. The Balaban J connectivity index is 1.21. The standard InChI is InChI=1S/C41H56N4O5/c1-7-8-22-43-38(47)50-32-12-9-29(10-13-32)36(46)45(35-25-30(15-23-42-35)33-26-49-37(44-33)39(3,4)5)27-40-16-19-41(20-17-40,21-18-40)31-11-14-34(48-6)28(2)24-31/h11,14-15,23-26,29,32H,7-10,12-13,16-22,27H2,1-6H3,(H,43,47)/t29-,32-,40?,41?. The van der Waals surface area contributed by atoms with Crippen molar-refractivity contribution < 1.29 is 23.5 Å². The van der Waals surface area contributed by atoms with Crippen molar-refractivity contribution >= 4 is 17.8 Å². The number of oxazole rings is 1. The number of ether oxygens (including phenoxy) is 2. The van der Waals surface area contributed by atoms with Crippen molar-refractivity contribution in [2.24, 2.45) is 11.3 Å². The van der Waals surface area contributed by atoms with E-state index in [4.69, 9.17) is 23.9 Å². The quantitative estimate of drug-likeness (QED) is 0.201. The fraction of sp³-hybridized carbons (Fsp3) is 0.610. The molecule has 4 fully saturated rings. The highest BCUT2D eigenvalue weighted by atomic mass is 16.6. The van der Waals surface area contributed by atoms with Crippen LogP contribution in [-0.2, 0) is 20.4 Å². The number of aryl methyl sites for hydroxylation is 1. The molecule has 2 amide bonds. The largest absolute Gasteiger partial charge is 0.496 e. The van der Waals surface area contributed by atoms with Gasteiger partial charge in [-0.1, -0.05) is 46.2 Å². The lowest BCUT2D eigenvalue weighted by atomic mass is 9.51. The Morgan fingerprint density at radius 3 is 2.36 bits per heavy atom. The van der Waals surface area contributed by atoms with Crippen LogP contribution < -0.4 is 15.0 Å². The number of pyridine rings is 1. The van der Waals surface area contributed by atoms with E-state index in [1.54, 1.807) is 19.6 Å². The third-order valence-corrected chi connectivity index (χ3v) is 11.7. The van der Waals surface area contributed by atoms with Crippen LogP contribution in [0.4, 0.5) is 10.6 Å². The zero-order valence-corrected chi connectivity index (χ0v) is 31.0. The van der Waals surface area contributed by atoms with Crippen LogP contribution in [0.2, 0.25) is 0 Å². The minimum Gasteiger partial charge on any atom is -0.496 e. The molecule has 4 saturated carbocycles. The van der Waals surface area contributed by atoms with Gasteiger partial charge in [-0.25, -0.2) is 14.8 Å². The summed E-state index contributed by atoms with van der Waals surface area (Å²) in [5.74, 6) is 2.26. The summed E-state index contributed by atoms with van der Waals surface area (Å²) in [5, 5.41) is 2.85. The summed E-state index contributed by atoms with van der Waals surface area (Å²) < 4.78 is 17.1. The monoisotopic (exact) mass is 684 g/mol. The number of methoxy groups -OCH3 is 1. The highest BCUT2D eigenvalue weighted by Gasteiger charge is 2.51. The van der Waals surface area contributed by atoms with Crippen LogP contribution >= 0.6 is 0 Å². The van der Waals surface area contributed by atoms with E-state index in [9.17, 15) is 9.59 Å². The van der Waals surface area contributed by atoms with Crippen LogP contribution in [-0.4, -0.2) is 48.3 Å². The molecule has 0 atom stereocenters. The smallest absolute Gasteiger partial charge is 0.407 e. The van der Waals surface area contributed by atoms with Crippen molar-refractivity contribution in [1.82, 2.24) is 15.3 Å². The number of carbonyl (C=O) groups excluding carboxylic acids is 2. The number of aromatic nitrogens is 2. The highest BCUT2D eigenvalue weighted by Crippen LogP contribution is 2.58. The number of alkyl carbamates (subject to hydrolysis) is 1. The number of hydrogen-bond donors (Lipinski definition) is 1. The van der Waals surface area contributed by atoms with Gasteiger partial charge in [-0.05, 0) is 118 Å². The first-order valence-electron chi connectivity index (χ1n) is 18.8. The Labute approximate surface area is 297 Å². The second-order valence-electron chi connectivity index (χ2n) is 16.2. The summed E-state index contributed by atoms with van der Waals surface area (Å²) in [6, 6.07) is 10.7. The van der Waals surface area contributed by atoms with Gasteiger partial charge in [0, 0.05) is 36.2 Å². The molecule has 270 valence electrons. The fourth-order valence-corrected chi connectivity index (χ4v) is 8.43. The maximum Gasteiger partial charge on any atom is 0.407 e. The molecule has 0 unspecified atom stereocenters. The third kappa shape index (κ3) is 7.71. The van der Waals surface area contributed by atoms with Gasteiger partial charge >= 0.3 is 6.09 Å². The zero-order chi connectivity index (χ0) is 35.5. The number of rotatable bonds is 11. The van der Waals surface area contributed by atoms with Gasteiger partial charge in [-0.15, -0.1) is 0 Å². The molecule has 1 aromatic carbocycles. The Bertz CT molecular complexity index is 1630. The van der Waals surface area contributed by atoms with Crippen molar-refractivity contribution in [3.05, 3.63) is 59.8 Å². The fourth-order valence-electron chi connectivity index (χ4n) is 8.43. The molecule has 7 rings (SSSR count). The van der Waals surface area contributed by atoms with E-state index in [1.807, 2.05) is 17.0 Å². The van der Waals surface area contributed by atoms with Crippen LogP contribution in [0, 0.1) is 18.3 Å². The molecule has 2 heterocycles. The van der Waals surface area contributed by atoms with Crippen molar-refractivity contribution in [2.45, 2.75) is 129 Å². The average Bonchev–Trinajstić information content (AvgIpc) is 3.64. The first kappa shape index (κ1) is 35.9. The molecule has 0 radical (unpaired) electrons. The van der Waals surface area contributed by atoms with Crippen molar-refractivity contribution in [3.63, 3.8) is 0 Å². The van der Waals surface area contributed by atoms with E-state index in [1.165, 1.54) is 11.1 Å². The van der Waals surface area contributed by atoms with E-state index in [2.05, 4.69) is 58.1 Å². The molecule has 2 bridgehead atoms. The zero-order valence-electron chi connectivity index (χ0n) is 31.0. The van der Waals surface area contributed by atoms with Crippen molar-refractivity contribution in [2.75, 3.05) is 25.1 Å². The van der Waals surface area contributed by atoms with E-state index in [0.29, 0.717) is 50.5 Å². The first-order chi connectivity index (χ1) is 23.9. The van der Waals surface area contributed by atoms with Gasteiger partial charge in [0.05, 0.1) is 7.11 Å². The topological polar surface area (TPSA) is 107 Å². The maximum absolute atomic E-state index is 14.6. The molecule has 0 saturated heterocycles. The second kappa shape index (κ2) is 14.8. The molecule has 9 heteroatoms.